The highest BCUT2D eigenvalue weighted by Gasteiger charge is 2.38. The molecule has 2 aliphatic rings. The Kier molecular flexibility index (Phi) is 2.32. The number of aromatic amines is 1. The van der Waals surface area contributed by atoms with Gasteiger partial charge in [0, 0.05) is 25.7 Å². The topological polar surface area (TPSA) is 64.3 Å². The Hall–Kier alpha value is -1.56. The number of hydrogen-bond donors (Lipinski definition) is 2. The summed E-state index contributed by atoms with van der Waals surface area (Å²) < 4.78 is 0. The number of rotatable bonds is 1. The largest absolute Gasteiger partial charge is 0.341 e. The molecule has 92 valence electrons. The van der Waals surface area contributed by atoms with Crippen LogP contribution in [0.15, 0.2) is 6.20 Å². The van der Waals surface area contributed by atoms with Crippen LogP contribution >= 0.6 is 0 Å². The molecule has 3 heterocycles. The first kappa shape index (κ1) is 10.6. The quantitative estimate of drug-likeness (QED) is 0.733. The maximum atomic E-state index is 12.0. The number of aromatic nitrogens is 2. The SMILES string of the molecule is CC(C)N1CCN2c3[nH]ncc3NC(=O)C2C1. The molecule has 1 saturated heterocycles. The van der Waals surface area contributed by atoms with Gasteiger partial charge in [0.15, 0.2) is 0 Å². The van der Waals surface area contributed by atoms with E-state index >= 15 is 0 Å². The van der Waals surface area contributed by atoms with Crippen molar-refractivity contribution in [2.75, 3.05) is 29.9 Å². The second-order valence-electron chi connectivity index (χ2n) is 4.92. The monoisotopic (exact) mass is 235 g/mol. The van der Waals surface area contributed by atoms with Crippen molar-refractivity contribution in [2.45, 2.75) is 25.9 Å². The summed E-state index contributed by atoms with van der Waals surface area (Å²) in [6, 6.07) is 0.382. The van der Waals surface area contributed by atoms with E-state index in [1.54, 1.807) is 6.20 Å². The second-order valence-corrected chi connectivity index (χ2v) is 4.92. The van der Waals surface area contributed by atoms with Crippen LogP contribution in [0.4, 0.5) is 11.5 Å². The van der Waals surface area contributed by atoms with Crippen LogP contribution in [0.1, 0.15) is 13.8 Å². The van der Waals surface area contributed by atoms with Crippen LogP contribution in [-0.4, -0.2) is 52.7 Å². The summed E-state index contributed by atoms with van der Waals surface area (Å²) in [5.74, 6) is 1.02. The maximum absolute atomic E-state index is 12.0. The molecule has 1 amide bonds. The first-order valence-electron chi connectivity index (χ1n) is 6.01. The third kappa shape index (κ3) is 1.59. The molecule has 0 radical (unpaired) electrons. The Balaban J connectivity index is 1.88. The van der Waals surface area contributed by atoms with Crippen molar-refractivity contribution in [1.82, 2.24) is 15.1 Å². The molecule has 0 aliphatic carbocycles. The number of carbonyl (C=O) groups is 1. The standard InChI is InChI=1S/C11H17N5O/c1-7(2)15-3-4-16-9(6-15)11(17)13-8-5-12-14-10(8)16/h5,7,9H,3-4,6H2,1-2H3,(H,12,14)(H,13,17). The molecule has 1 atom stereocenters. The Labute approximate surface area is 100.0 Å². The van der Waals surface area contributed by atoms with Gasteiger partial charge in [0.05, 0.1) is 6.20 Å². The Morgan fingerprint density at radius 1 is 1.47 bits per heavy atom. The minimum Gasteiger partial charge on any atom is -0.341 e. The minimum absolute atomic E-state index is 0.0734. The van der Waals surface area contributed by atoms with Crippen molar-refractivity contribution in [3.05, 3.63) is 6.20 Å². The van der Waals surface area contributed by atoms with Gasteiger partial charge in [0.2, 0.25) is 5.91 Å². The second kappa shape index (κ2) is 3.73. The molecule has 17 heavy (non-hydrogen) atoms. The average molecular weight is 235 g/mol. The molecule has 3 rings (SSSR count). The van der Waals surface area contributed by atoms with E-state index in [2.05, 4.69) is 39.2 Å². The Morgan fingerprint density at radius 3 is 3.06 bits per heavy atom. The van der Waals surface area contributed by atoms with E-state index in [1.165, 1.54) is 0 Å². The normalized spacial score (nSPS) is 24.5. The number of H-pyrrole nitrogens is 1. The van der Waals surface area contributed by atoms with Crippen molar-refractivity contribution in [3.8, 4) is 0 Å². The molecular weight excluding hydrogens is 218 g/mol. The van der Waals surface area contributed by atoms with Gasteiger partial charge in [-0.3, -0.25) is 14.8 Å². The fraction of sp³-hybridized carbons (Fsp3) is 0.636. The van der Waals surface area contributed by atoms with Gasteiger partial charge in [-0.15, -0.1) is 0 Å². The van der Waals surface area contributed by atoms with Crippen LogP contribution in [0.2, 0.25) is 0 Å². The first-order chi connectivity index (χ1) is 8.16. The van der Waals surface area contributed by atoms with Crippen molar-refractivity contribution >= 4 is 17.4 Å². The van der Waals surface area contributed by atoms with E-state index in [1.807, 2.05) is 0 Å². The highest BCUT2D eigenvalue weighted by Crippen LogP contribution is 2.31. The maximum Gasteiger partial charge on any atom is 0.248 e. The molecule has 2 N–H and O–H groups in total. The van der Waals surface area contributed by atoms with Crippen LogP contribution in [0.25, 0.3) is 0 Å². The lowest BCUT2D eigenvalue weighted by Crippen LogP contribution is -2.61. The average Bonchev–Trinajstić information content (AvgIpc) is 2.76. The number of fused-ring (bicyclic) bond motifs is 3. The first-order valence-corrected chi connectivity index (χ1v) is 6.01. The third-order valence-corrected chi connectivity index (χ3v) is 3.61. The molecule has 2 aliphatic heterocycles. The van der Waals surface area contributed by atoms with Gasteiger partial charge in [-0.1, -0.05) is 0 Å². The molecule has 0 saturated carbocycles. The number of nitrogens with zero attached hydrogens (tertiary/aromatic N) is 3. The molecule has 1 unspecified atom stereocenters. The zero-order valence-corrected chi connectivity index (χ0v) is 10.1. The van der Waals surface area contributed by atoms with Gasteiger partial charge in [0.25, 0.3) is 0 Å². The number of piperazine rings is 1. The van der Waals surface area contributed by atoms with E-state index < -0.39 is 0 Å². The summed E-state index contributed by atoms with van der Waals surface area (Å²) in [6.07, 6.45) is 1.66. The van der Waals surface area contributed by atoms with Crippen LogP contribution < -0.4 is 10.2 Å². The van der Waals surface area contributed by atoms with Crippen molar-refractivity contribution in [3.63, 3.8) is 0 Å². The van der Waals surface area contributed by atoms with Gasteiger partial charge in [0.1, 0.15) is 17.5 Å². The van der Waals surface area contributed by atoms with Crippen LogP contribution in [-0.2, 0) is 4.79 Å². The van der Waals surface area contributed by atoms with Crippen molar-refractivity contribution in [1.29, 1.82) is 0 Å². The van der Waals surface area contributed by atoms with Gasteiger partial charge >= 0.3 is 0 Å². The van der Waals surface area contributed by atoms with Crippen molar-refractivity contribution in [2.24, 2.45) is 0 Å². The van der Waals surface area contributed by atoms with E-state index in [0.29, 0.717) is 6.04 Å². The molecule has 6 nitrogen and oxygen atoms in total. The predicted molar refractivity (Wildman–Crippen MR) is 65.1 cm³/mol. The molecule has 0 bridgehead atoms. The van der Waals surface area contributed by atoms with E-state index in [0.717, 1.165) is 31.1 Å². The molecule has 6 heteroatoms. The molecular formula is C11H17N5O. The van der Waals surface area contributed by atoms with Gasteiger partial charge < -0.3 is 10.2 Å². The number of hydrogen-bond acceptors (Lipinski definition) is 4. The summed E-state index contributed by atoms with van der Waals surface area (Å²) in [4.78, 5) is 16.5. The number of nitrogens with one attached hydrogen (secondary N) is 2. The van der Waals surface area contributed by atoms with E-state index in [4.69, 9.17) is 0 Å². The highest BCUT2D eigenvalue weighted by atomic mass is 16.2. The fourth-order valence-corrected chi connectivity index (χ4v) is 2.57. The van der Waals surface area contributed by atoms with Crippen LogP contribution in [0.5, 0.6) is 0 Å². The Morgan fingerprint density at radius 2 is 2.29 bits per heavy atom. The fourth-order valence-electron chi connectivity index (χ4n) is 2.57. The molecule has 0 aromatic carbocycles. The third-order valence-electron chi connectivity index (χ3n) is 3.61. The highest BCUT2D eigenvalue weighted by molar-refractivity contribution is 6.02. The summed E-state index contributed by atoms with van der Waals surface area (Å²) in [7, 11) is 0. The van der Waals surface area contributed by atoms with Gasteiger partial charge in [-0.25, -0.2) is 0 Å². The Bertz CT molecular complexity index is 441. The minimum atomic E-state index is -0.0981. The molecule has 1 aromatic heterocycles. The van der Waals surface area contributed by atoms with Crippen LogP contribution in [0, 0.1) is 0 Å². The smallest absolute Gasteiger partial charge is 0.248 e. The lowest BCUT2D eigenvalue weighted by molar-refractivity contribution is -0.118. The summed E-state index contributed by atoms with van der Waals surface area (Å²) >= 11 is 0. The lowest BCUT2D eigenvalue weighted by atomic mass is 10.1. The van der Waals surface area contributed by atoms with E-state index in [-0.39, 0.29) is 11.9 Å². The van der Waals surface area contributed by atoms with Gasteiger partial charge in [-0.2, -0.15) is 5.10 Å². The number of amides is 1. The predicted octanol–water partition coefficient (Wildman–Crippen LogP) is 0.261. The molecule has 0 spiro atoms. The zero-order valence-electron chi connectivity index (χ0n) is 10.1. The van der Waals surface area contributed by atoms with E-state index in [9.17, 15) is 4.79 Å². The summed E-state index contributed by atoms with van der Waals surface area (Å²) in [5.41, 5.74) is 0.796. The molecule has 1 aromatic rings. The van der Waals surface area contributed by atoms with Gasteiger partial charge in [-0.05, 0) is 13.8 Å². The summed E-state index contributed by atoms with van der Waals surface area (Å²) in [6.45, 7) is 6.96. The number of anilines is 2. The molecule has 1 fully saturated rings. The number of carbonyl (C=O) groups excluding carboxylic acids is 1. The van der Waals surface area contributed by atoms with Crippen LogP contribution in [0.3, 0.4) is 0 Å². The lowest BCUT2D eigenvalue weighted by Gasteiger charge is -2.44. The zero-order chi connectivity index (χ0) is 12.0. The van der Waals surface area contributed by atoms with Crippen molar-refractivity contribution < 1.29 is 4.79 Å². The summed E-state index contributed by atoms with van der Waals surface area (Å²) in [5, 5.41) is 9.85.